The molecule has 0 N–H and O–H groups in total. The van der Waals surface area contributed by atoms with E-state index >= 15 is 0 Å². The van der Waals surface area contributed by atoms with Crippen LogP contribution in [0, 0.1) is 17.1 Å². The maximum absolute atomic E-state index is 13.6. The lowest BCUT2D eigenvalue weighted by Crippen LogP contribution is -2.27. The highest BCUT2D eigenvalue weighted by atomic mass is 19.1. The zero-order chi connectivity index (χ0) is 22.0. The fourth-order valence-corrected chi connectivity index (χ4v) is 3.56. The van der Waals surface area contributed by atoms with E-state index < -0.39 is 5.82 Å². The van der Waals surface area contributed by atoms with E-state index in [2.05, 4.69) is 16.7 Å². The van der Waals surface area contributed by atoms with Crippen LogP contribution in [0.5, 0.6) is 0 Å². The van der Waals surface area contributed by atoms with Crippen LogP contribution >= 0.6 is 0 Å². The monoisotopic (exact) mass is 412 g/mol. The Bertz CT molecular complexity index is 1350. The third-order valence-corrected chi connectivity index (χ3v) is 4.92. The molecule has 0 amide bonds. The molecule has 3 aromatic rings. The van der Waals surface area contributed by atoms with Gasteiger partial charge in [-0.25, -0.2) is 9.37 Å². The number of nitriles is 1. The average Bonchev–Trinajstić information content (AvgIpc) is 2.79. The van der Waals surface area contributed by atoms with Gasteiger partial charge in [0.15, 0.2) is 0 Å². The number of ether oxygens (including phenoxy) is 1. The summed E-state index contributed by atoms with van der Waals surface area (Å²) in [5.41, 5.74) is 2.55. The maximum Gasteiger partial charge on any atom is 0.263 e. The van der Waals surface area contributed by atoms with Crippen LogP contribution < -0.4 is 5.56 Å². The SMILES string of the molecule is C=NC1=C(/C=C\C)OCc2c1cc(-c1cccnc1C#N)c(=O)n2-c1ccc(F)cc1. The van der Waals surface area contributed by atoms with Gasteiger partial charge in [-0.05, 0) is 62.2 Å². The van der Waals surface area contributed by atoms with E-state index in [4.69, 9.17) is 4.74 Å². The van der Waals surface area contributed by atoms with Gasteiger partial charge in [0.25, 0.3) is 5.56 Å². The Morgan fingerprint density at radius 2 is 2.03 bits per heavy atom. The standard InChI is InChI=1S/C24H17FN4O2/c1-3-5-22-23(27-2)19-12-18(17-6-4-11-28-20(17)13-26)24(30)29(21(19)14-31-22)16-9-7-15(25)8-10-16/h3-12H,2,14H2,1H3/b5-3-. The first-order chi connectivity index (χ1) is 15.1. The van der Waals surface area contributed by atoms with Gasteiger partial charge in [-0.1, -0.05) is 6.08 Å². The predicted molar refractivity (Wildman–Crippen MR) is 116 cm³/mol. The molecule has 4 rings (SSSR count). The predicted octanol–water partition coefficient (Wildman–Crippen LogP) is 4.39. The Labute approximate surface area is 177 Å². The van der Waals surface area contributed by atoms with Crippen molar-refractivity contribution in [1.82, 2.24) is 9.55 Å². The highest BCUT2D eigenvalue weighted by Gasteiger charge is 2.26. The summed E-state index contributed by atoms with van der Waals surface area (Å²) < 4.78 is 20.8. The van der Waals surface area contributed by atoms with Gasteiger partial charge in [0.1, 0.15) is 35.6 Å². The Hall–Kier alpha value is -4.31. The first-order valence-corrected chi connectivity index (χ1v) is 9.46. The molecule has 3 heterocycles. The van der Waals surface area contributed by atoms with Gasteiger partial charge in [0.2, 0.25) is 0 Å². The van der Waals surface area contributed by atoms with Crippen molar-refractivity contribution in [3.8, 4) is 22.9 Å². The first kappa shape index (κ1) is 20.0. The molecule has 7 heteroatoms. The van der Waals surface area contributed by atoms with E-state index in [1.165, 1.54) is 35.0 Å². The lowest BCUT2D eigenvalue weighted by atomic mass is 9.98. The fraction of sp³-hybridized carbons (Fsp3) is 0.0833. The summed E-state index contributed by atoms with van der Waals surface area (Å²) in [6.45, 7) is 5.63. The molecule has 0 radical (unpaired) electrons. The van der Waals surface area contributed by atoms with Crippen LogP contribution in [0.1, 0.15) is 23.9 Å². The molecule has 1 aliphatic rings. The fourth-order valence-electron chi connectivity index (χ4n) is 3.56. The second-order valence-electron chi connectivity index (χ2n) is 6.71. The van der Waals surface area contributed by atoms with E-state index in [0.29, 0.717) is 34.0 Å². The molecule has 0 fully saturated rings. The number of nitrogens with zero attached hydrogens (tertiary/aromatic N) is 4. The summed E-state index contributed by atoms with van der Waals surface area (Å²) in [5.74, 6) is 0.104. The van der Waals surface area contributed by atoms with Crippen LogP contribution in [-0.2, 0) is 11.3 Å². The molecule has 152 valence electrons. The zero-order valence-electron chi connectivity index (χ0n) is 16.7. The molecule has 0 saturated heterocycles. The number of aromatic nitrogens is 2. The van der Waals surface area contributed by atoms with Crippen molar-refractivity contribution < 1.29 is 9.13 Å². The second kappa shape index (κ2) is 8.20. The molecule has 2 aromatic heterocycles. The van der Waals surface area contributed by atoms with Crippen LogP contribution in [0.4, 0.5) is 4.39 Å². The van der Waals surface area contributed by atoms with E-state index in [1.54, 1.807) is 24.3 Å². The summed E-state index contributed by atoms with van der Waals surface area (Å²) in [4.78, 5) is 21.8. The Kier molecular flexibility index (Phi) is 5.29. The Morgan fingerprint density at radius 1 is 1.26 bits per heavy atom. The van der Waals surface area contributed by atoms with Crippen molar-refractivity contribution >= 4 is 12.4 Å². The Balaban J connectivity index is 2.13. The number of rotatable bonds is 4. The van der Waals surface area contributed by atoms with Crippen molar-refractivity contribution in [2.75, 3.05) is 0 Å². The van der Waals surface area contributed by atoms with Crippen molar-refractivity contribution in [3.05, 3.63) is 99.7 Å². The number of pyridine rings is 2. The third kappa shape index (κ3) is 3.45. The smallest absolute Gasteiger partial charge is 0.263 e. The zero-order valence-corrected chi connectivity index (χ0v) is 16.7. The Morgan fingerprint density at radius 3 is 2.71 bits per heavy atom. The molecular weight excluding hydrogens is 395 g/mol. The molecule has 1 aliphatic heterocycles. The number of aliphatic imine (C=N–C) groups is 1. The van der Waals surface area contributed by atoms with Crippen LogP contribution in [0.2, 0.25) is 0 Å². The quantitative estimate of drug-likeness (QED) is 0.596. The van der Waals surface area contributed by atoms with Crippen LogP contribution in [0.15, 0.2) is 76.4 Å². The number of fused-ring (bicyclic) bond motifs is 1. The molecule has 0 bridgehead atoms. The molecule has 0 spiro atoms. The van der Waals surface area contributed by atoms with Gasteiger partial charge in [-0.15, -0.1) is 0 Å². The van der Waals surface area contributed by atoms with Crippen molar-refractivity contribution in [2.45, 2.75) is 13.5 Å². The van der Waals surface area contributed by atoms with Crippen LogP contribution in [0.3, 0.4) is 0 Å². The largest absolute Gasteiger partial charge is 0.485 e. The number of halogens is 1. The number of allylic oxidation sites excluding steroid dienone is 2. The molecular formula is C24H17FN4O2. The molecule has 31 heavy (non-hydrogen) atoms. The highest BCUT2D eigenvalue weighted by molar-refractivity contribution is 5.79. The van der Waals surface area contributed by atoms with Gasteiger partial charge in [0, 0.05) is 23.0 Å². The number of benzene rings is 1. The average molecular weight is 412 g/mol. The van der Waals surface area contributed by atoms with Crippen molar-refractivity contribution in [2.24, 2.45) is 4.99 Å². The van der Waals surface area contributed by atoms with E-state index in [0.717, 1.165) is 0 Å². The number of hydrogen-bond donors (Lipinski definition) is 0. The van der Waals surface area contributed by atoms with E-state index in [-0.39, 0.29) is 23.4 Å². The molecule has 0 aliphatic carbocycles. The van der Waals surface area contributed by atoms with Crippen molar-refractivity contribution in [1.29, 1.82) is 5.26 Å². The van der Waals surface area contributed by atoms with E-state index in [1.807, 2.05) is 19.1 Å². The lowest BCUT2D eigenvalue weighted by molar-refractivity contribution is 0.200. The normalized spacial score (nSPS) is 12.9. The van der Waals surface area contributed by atoms with Crippen LogP contribution in [0.25, 0.3) is 22.5 Å². The van der Waals surface area contributed by atoms with Gasteiger partial charge < -0.3 is 4.74 Å². The summed E-state index contributed by atoms with van der Waals surface area (Å²) in [7, 11) is 0. The van der Waals surface area contributed by atoms with Gasteiger partial charge in [-0.3, -0.25) is 14.4 Å². The summed E-state index contributed by atoms with van der Waals surface area (Å²) >= 11 is 0. The van der Waals surface area contributed by atoms with Crippen molar-refractivity contribution in [3.63, 3.8) is 0 Å². The lowest BCUT2D eigenvalue weighted by Gasteiger charge is -2.25. The molecule has 0 atom stereocenters. The minimum absolute atomic E-state index is 0.110. The minimum Gasteiger partial charge on any atom is -0.485 e. The summed E-state index contributed by atoms with van der Waals surface area (Å²) in [6.07, 6.45) is 5.08. The van der Waals surface area contributed by atoms with Gasteiger partial charge in [-0.2, -0.15) is 5.26 Å². The summed E-state index contributed by atoms with van der Waals surface area (Å²) in [6, 6.07) is 12.6. The van der Waals surface area contributed by atoms with Crippen LogP contribution in [-0.4, -0.2) is 16.3 Å². The maximum atomic E-state index is 13.6. The molecule has 1 aromatic carbocycles. The first-order valence-electron chi connectivity index (χ1n) is 9.46. The minimum atomic E-state index is -0.416. The molecule has 6 nitrogen and oxygen atoms in total. The van der Waals surface area contributed by atoms with E-state index in [9.17, 15) is 14.4 Å². The second-order valence-corrected chi connectivity index (χ2v) is 6.71. The number of hydrogen-bond acceptors (Lipinski definition) is 5. The summed E-state index contributed by atoms with van der Waals surface area (Å²) in [5, 5.41) is 9.51. The molecule has 0 unspecified atom stereocenters. The van der Waals surface area contributed by atoms with Gasteiger partial charge >= 0.3 is 0 Å². The third-order valence-electron chi connectivity index (χ3n) is 4.92. The highest BCUT2D eigenvalue weighted by Crippen LogP contribution is 2.34. The topological polar surface area (TPSA) is 80.3 Å². The van der Waals surface area contributed by atoms with Gasteiger partial charge in [0.05, 0.1) is 11.3 Å². The molecule has 0 saturated carbocycles.